The van der Waals surface area contributed by atoms with Crippen LogP contribution in [-0.2, 0) is 9.16 Å². The van der Waals surface area contributed by atoms with E-state index in [0.29, 0.717) is 0 Å². The van der Waals surface area contributed by atoms with E-state index in [9.17, 15) is 0 Å². The quantitative estimate of drug-likeness (QED) is 0.531. The van der Waals surface area contributed by atoms with Crippen molar-refractivity contribution in [2.24, 2.45) is 0 Å². The third kappa shape index (κ3) is 4.09. The van der Waals surface area contributed by atoms with Gasteiger partial charge in [0.2, 0.25) is 0 Å². The van der Waals surface area contributed by atoms with E-state index in [4.69, 9.17) is 9.16 Å². The first-order chi connectivity index (χ1) is 6.65. The van der Waals surface area contributed by atoms with E-state index in [1.165, 1.54) is 0 Å². The van der Waals surface area contributed by atoms with Crippen LogP contribution in [0.2, 0.25) is 18.1 Å². The normalized spacial score (nSPS) is 17.3. The summed E-state index contributed by atoms with van der Waals surface area (Å²) in [4.78, 5) is 0. The largest absolute Gasteiger partial charge is 0.411 e. The van der Waals surface area contributed by atoms with Gasteiger partial charge in [-0.25, -0.2) is 0 Å². The van der Waals surface area contributed by atoms with Crippen LogP contribution in [0.1, 0.15) is 27.7 Å². The summed E-state index contributed by atoms with van der Waals surface area (Å²) in [6.45, 7) is 17.0. The molecule has 0 radical (unpaired) electrons. The number of rotatable bonds is 5. The minimum absolute atomic E-state index is 0.0147. The monoisotopic (exact) mass is 230 g/mol. The second-order valence-electron chi connectivity index (χ2n) is 5.52. The molecule has 0 heterocycles. The molecule has 15 heavy (non-hydrogen) atoms. The molecule has 0 aliphatic heterocycles. The van der Waals surface area contributed by atoms with Crippen LogP contribution in [0, 0.1) is 0 Å². The molecule has 0 fully saturated rings. The van der Waals surface area contributed by atoms with E-state index in [1.54, 1.807) is 13.2 Å². The Morgan fingerprint density at radius 3 is 2.00 bits per heavy atom. The fourth-order valence-corrected chi connectivity index (χ4v) is 2.61. The van der Waals surface area contributed by atoms with Gasteiger partial charge in [0.25, 0.3) is 0 Å². The van der Waals surface area contributed by atoms with Crippen molar-refractivity contribution in [2.45, 2.75) is 58.0 Å². The molecule has 0 rings (SSSR count). The molecule has 2 nitrogen and oxygen atoms in total. The van der Waals surface area contributed by atoms with Gasteiger partial charge in [-0.15, -0.1) is 6.58 Å². The Hall–Kier alpha value is -0.123. The van der Waals surface area contributed by atoms with Gasteiger partial charge < -0.3 is 9.16 Å². The summed E-state index contributed by atoms with van der Waals surface area (Å²) < 4.78 is 11.5. The molecule has 90 valence electrons. The highest BCUT2D eigenvalue weighted by Crippen LogP contribution is 2.37. The SMILES string of the molecule is C=C[C@H](OC)[C@H](C)O[Si](C)(C)C(C)(C)C. The predicted octanol–water partition coefficient (Wildman–Crippen LogP) is 3.60. The lowest BCUT2D eigenvalue weighted by molar-refractivity contribution is 0.0344. The zero-order valence-corrected chi connectivity index (χ0v) is 12.3. The summed E-state index contributed by atoms with van der Waals surface area (Å²) in [7, 11) is 0.00125. The van der Waals surface area contributed by atoms with Crippen LogP contribution in [0.4, 0.5) is 0 Å². The van der Waals surface area contributed by atoms with Crippen LogP contribution < -0.4 is 0 Å². The molecule has 0 N–H and O–H groups in total. The Morgan fingerprint density at radius 1 is 1.27 bits per heavy atom. The summed E-state index contributed by atoms with van der Waals surface area (Å²) in [5, 5.41) is 0.237. The molecule has 0 aromatic heterocycles. The molecule has 0 unspecified atom stereocenters. The Balaban J connectivity index is 4.52. The molecule has 0 aliphatic rings. The van der Waals surface area contributed by atoms with Crippen LogP contribution in [0.25, 0.3) is 0 Å². The molecular weight excluding hydrogens is 204 g/mol. The highest BCUT2D eigenvalue weighted by atomic mass is 28.4. The van der Waals surface area contributed by atoms with Crippen molar-refractivity contribution >= 4 is 8.32 Å². The highest BCUT2D eigenvalue weighted by Gasteiger charge is 2.39. The minimum atomic E-state index is -1.69. The van der Waals surface area contributed by atoms with Gasteiger partial charge in [-0.05, 0) is 25.1 Å². The number of hydrogen-bond acceptors (Lipinski definition) is 2. The molecule has 0 aromatic carbocycles. The third-order valence-corrected chi connectivity index (χ3v) is 7.83. The summed E-state index contributed by atoms with van der Waals surface area (Å²) >= 11 is 0. The van der Waals surface area contributed by atoms with Crippen LogP contribution in [-0.4, -0.2) is 27.6 Å². The minimum Gasteiger partial charge on any atom is -0.411 e. The average molecular weight is 230 g/mol. The molecule has 3 heteroatoms. The average Bonchev–Trinajstić information content (AvgIpc) is 2.03. The topological polar surface area (TPSA) is 18.5 Å². The first-order valence-electron chi connectivity index (χ1n) is 5.49. The lowest BCUT2D eigenvalue weighted by Gasteiger charge is -2.39. The molecule has 0 amide bonds. The number of methoxy groups -OCH3 is 1. The van der Waals surface area contributed by atoms with Crippen molar-refractivity contribution in [3.63, 3.8) is 0 Å². The van der Waals surface area contributed by atoms with Gasteiger partial charge in [-0.2, -0.15) is 0 Å². The van der Waals surface area contributed by atoms with Crippen LogP contribution in [0.5, 0.6) is 0 Å². The summed E-state index contributed by atoms with van der Waals surface area (Å²) in [6.07, 6.45) is 1.87. The lowest BCUT2D eigenvalue weighted by atomic mass is 10.2. The van der Waals surface area contributed by atoms with Crippen LogP contribution >= 0.6 is 0 Å². The lowest BCUT2D eigenvalue weighted by Crippen LogP contribution is -2.46. The summed E-state index contributed by atoms with van der Waals surface area (Å²) in [5.41, 5.74) is 0. The van der Waals surface area contributed by atoms with Gasteiger partial charge >= 0.3 is 0 Å². The fourth-order valence-electron chi connectivity index (χ4n) is 1.19. The maximum absolute atomic E-state index is 6.19. The Labute approximate surface area is 95.8 Å². The van der Waals surface area contributed by atoms with E-state index in [1.807, 2.05) is 0 Å². The maximum Gasteiger partial charge on any atom is 0.192 e. The van der Waals surface area contributed by atoms with E-state index in [0.717, 1.165) is 0 Å². The van der Waals surface area contributed by atoms with Crippen LogP contribution in [0.15, 0.2) is 12.7 Å². The molecule has 0 saturated heterocycles. The highest BCUT2D eigenvalue weighted by molar-refractivity contribution is 6.74. The molecular formula is C12H26O2Si. The van der Waals surface area contributed by atoms with Gasteiger partial charge in [-0.1, -0.05) is 26.8 Å². The van der Waals surface area contributed by atoms with Crippen molar-refractivity contribution in [1.29, 1.82) is 0 Å². The first-order valence-corrected chi connectivity index (χ1v) is 8.39. The zero-order valence-electron chi connectivity index (χ0n) is 11.3. The Kier molecular flexibility index (Phi) is 5.24. The standard InChI is InChI=1S/C12H26O2Si/c1-9-11(13-6)10(2)14-15(7,8)12(3,4)5/h9-11H,1H2,2-8H3/t10-,11-/m0/s1. The third-order valence-electron chi connectivity index (χ3n) is 3.25. The van der Waals surface area contributed by atoms with Crippen LogP contribution in [0.3, 0.4) is 0 Å². The summed E-state index contributed by atoms with van der Waals surface area (Å²) in [5.74, 6) is 0. The molecule has 0 bridgehead atoms. The fraction of sp³-hybridized carbons (Fsp3) is 0.833. The zero-order chi connectivity index (χ0) is 12.3. The van der Waals surface area contributed by atoms with E-state index in [2.05, 4.69) is 47.4 Å². The van der Waals surface area contributed by atoms with Crippen molar-refractivity contribution < 1.29 is 9.16 Å². The Bertz CT molecular complexity index is 206. The molecule has 0 spiro atoms. The maximum atomic E-state index is 6.19. The predicted molar refractivity (Wildman–Crippen MR) is 68.7 cm³/mol. The van der Waals surface area contributed by atoms with E-state index < -0.39 is 8.32 Å². The van der Waals surface area contributed by atoms with Gasteiger partial charge in [0.05, 0.1) is 12.2 Å². The van der Waals surface area contributed by atoms with Crippen molar-refractivity contribution in [2.75, 3.05) is 7.11 Å². The van der Waals surface area contributed by atoms with Gasteiger partial charge in [0, 0.05) is 7.11 Å². The Morgan fingerprint density at radius 2 is 1.73 bits per heavy atom. The second-order valence-corrected chi connectivity index (χ2v) is 10.3. The number of hydrogen-bond donors (Lipinski definition) is 0. The second kappa shape index (κ2) is 5.28. The van der Waals surface area contributed by atoms with Gasteiger partial charge in [0.15, 0.2) is 8.32 Å². The van der Waals surface area contributed by atoms with Crippen molar-refractivity contribution in [3.05, 3.63) is 12.7 Å². The van der Waals surface area contributed by atoms with E-state index >= 15 is 0 Å². The molecule has 2 atom stereocenters. The van der Waals surface area contributed by atoms with Gasteiger partial charge in [-0.3, -0.25) is 0 Å². The van der Waals surface area contributed by atoms with Gasteiger partial charge in [0.1, 0.15) is 0 Å². The first kappa shape index (κ1) is 14.9. The molecule has 0 aromatic rings. The molecule has 0 saturated carbocycles. The smallest absolute Gasteiger partial charge is 0.192 e. The van der Waals surface area contributed by atoms with E-state index in [-0.39, 0.29) is 17.2 Å². The number of ether oxygens (including phenoxy) is 1. The molecule has 0 aliphatic carbocycles. The van der Waals surface area contributed by atoms with Crippen molar-refractivity contribution in [3.8, 4) is 0 Å². The summed E-state index contributed by atoms with van der Waals surface area (Å²) in [6, 6.07) is 0. The van der Waals surface area contributed by atoms with Crippen molar-refractivity contribution in [1.82, 2.24) is 0 Å².